The van der Waals surface area contributed by atoms with Crippen molar-refractivity contribution in [1.82, 2.24) is 4.90 Å². The van der Waals surface area contributed by atoms with Crippen molar-refractivity contribution in [2.45, 2.75) is 13.0 Å². The summed E-state index contributed by atoms with van der Waals surface area (Å²) in [6.45, 7) is 0.698. The van der Waals surface area contributed by atoms with Crippen molar-refractivity contribution < 1.29 is 4.79 Å². The van der Waals surface area contributed by atoms with E-state index < -0.39 is 0 Å². The summed E-state index contributed by atoms with van der Waals surface area (Å²) < 4.78 is 0. The number of likely N-dealkylation sites (N-methyl/N-ethyl adjacent to an activating group) is 1. The molecule has 2 rings (SSSR count). The van der Waals surface area contributed by atoms with Crippen molar-refractivity contribution in [3.05, 3.63) is 58.3 Å². The Bertz CT molecular complexity index is 464. The molecule has 1 amide bonds. The Balaban J connectivity index is 1.92. The van der Waals surface area contributed by atoms with Crippen LogP contribution in [0.4, 0.5) is 0 Å². The number of hydrogen-bond donors (Lipinski definition) is 0. The van der Waals surface area contributed by atoms with E-state index in [4.69, 9.17) is 0 Å². The highest BCUT2D eigenvalue weighted by molar-refractivity contribution is 7.09. The van der Waals surface area contributed by atoms with Crippen LogP contribution in [0.15, 0.2) is 47.8 Å². The van der Waals surface area contributed by atoms with E-state index in [0.717, 1.165) is 5.56 Å². The van der Waals surface area contributed by atoms with E-state index in [-0.39, 0.29) is 5.91 Å². The van der Waals surface area contributed by atoms with Gasteiger partial charge < -0.3 is 4.90 Å². The van der Waals surface area contributed by atoms with E-state index in [1.54, 1.807) is 16.2 Å². The third-order valence-corrected chi connectivity index (χ3v) is 3.46. The monoisotopic (exact) mass is 245 g/mol. The Hall–Kier alpha value is -1.61. The standard InChI is InChI=1S/C14H15NOS/c1-15(11-13-8-5-9-17-13)14(16)10-12-6-3-2-4-7-12/h2-9H,10-11H2,1H3. The normalized spacial score (nSPS) is 10.2. The first-order valence-electron chi connectivity index (χ1n) is 5.56. The number of nitrogens with zero attached hydrogens (tertiary/aromatic N) is 1. The highest BCUT2D eigenvalue weighted by Gasteiger charge is 2.10. The Morgan fingerprint density at radius 1 is 1.18 bits per heavy atom. The van der Waals surface area contributed by atoms with E-state index >= 15 is 0 Å². The first kappa shape index (κ1) is 11.9. The summed E-state index contributed by atoms with van der Waals surface area (Å²) in [6.07, 6.45) is 0.475. The number of hydrogen-bond acceptors (Lipinski definition) is 2. The summed E-state index contributed by atoms with van der Waals surface area (Å²) in [5.74, 6) is 0.157. The molecule has 0 saturated carbocycles. The second kappa shape index (κ2) is 5.64. The summed E-state index contributed by atoms with van der Waals surface area (Å²) in [5.41, 5.74) is 1.07. The molecule has 0 atom stereocenters. The molecule has 1 aromatic heterocycles. The lowest BCUT2D eigenvalue weighted by molar-refractivity contribution is -0.129. The van der Waals surface area contributed by atoms with Crippen LogP contribution in [-0.4, -0.2) is 17.9 Å². The molecule has 17 heavy (non-hydrogen) atoms. The first-order chi connectivity index (χ1) is 8.25. The Kier molecular flexibility index (Phi) is 3.94. The maximum Gasteiger partial charge on any atom is 0.227 e. The lowest BCUT2D eigenvalue weighted by Gasteiger charge is -2.16. The van der Waals surface area contributed by atoms with E-state index in [0.29, 0.717) is 13.0 Å². The second-order valence-electron chi connectivity index (χ2n) is 3.99. The molecule has 3 heteroatoms. The van der Waals surface area contributed by atoms with Gasteiger partial charge in [0.2, 0.25) is 5.91 Å². The minimum Gasteiger partial charge on any atom is -0.340 e. The molecule has 0 aliphatic carbocycles. The quantitative estimate of drug-likeness (QED) is 0.811. The summed E-state index contributed by atoms with van der Waals surface area (Å²) in [7, 11) is 1.85. The maximum atomic E-state index is 12.0. The van der Waals surface area contributed by atoms with Gasteiger partial charge in [-0.05, 0) is 17.0 Å². The van der Waals surface area contributed by atoms with Crippen LogP contribution in [0.3, 0.4) is 0 Å². The van der Waals surface area contributed by atoms with E-state index in [2.05, 4.69) is 6.07 Å². The highest BCUT2D eigenvalue weighted by Crippen LogP contribution is 2.11. The van der Waals surface area contributed by atoms with Gasteiger partial charge in [0.15, 0.2) is 0 Å². The van der Waals surface area contributed by atoms with Crippen LogP contribution in [0, 0.1) is 0 Å². The molecule has 0 unspecified atom stereocenters. The molecule has 2 aromatic rings. The van der Waals surface area contributed by atoms with Crippen LogP contribution in [0.1, 0.15) is 10.4 Å². The SMILES string of the molecule is CN(Cc1cccs1)C(=O)Cc1ccccc1. The largest absolute Gasteiger partial charge is 0.340 e. The van der Waals surface area contributed by atoms with E-state index in [1.165, 1.54) is 4.88 Å². The molecular formula is C14H15NOS. The number of amides is 1. The molecule has 0 aliphatic rings. The number of carbonyl (C=O) groups is 1. The van der Waals surface area contributed by atoms with Crippen LogP contribution in [0.5, 0.6) is 0 Å². The topological polar surface area (TPSA) is 20.3 Å². The fourth-order valence-electron chi connectivity index (χ4n) is 1.63. The number of thiophene rings is 1. The van der Waals surface area contributed by atoms with Crippen LogP contribution >= 0.6 is 11.3 Å². The van der Waals surface area contributed by atoms with Crippen molar-refractivity contribution in [1.29, 1.82) is 0 Å². The molecule has 0 radical (unpaired) electrons. The molecule has 1 heterocycles. The Morgan fingerprint density at radius 2 is 1.94 bits per heavy atom. The lowest BCUT2D eigenvalue weighted by Crippen LogP contribution is -2.27. The number of rotatable bonds is 4. The van der Waals surface area contributed by atoms with Crippen LogP contribution in [0.2, 0.25) is 0 Å². The molecule has 0 aliphatic heterocycles. The predicted octanol–water partition coefficient (Wildman–Crippen LogP) is 2.95. The third kappa shape index (κ3) is 3.43. The molecule has 88 valence electrons. The van der Waals surface area contributed by atoms with Gasteiger partial charge >= 0.3 is 0 Å². The van der Waals surface area contributed by atoms with Gasteiger partial charge in [-0.3, -0.25) is 4.79 Å². The maximum absolute atomic E-state index is 12.0. The van der Waals surface area contributed by atoms with E-state index in [1.807, 2.05) is 48.8 Å². The van der Waals surface area contributed by atoms with Crippen LogP contribution in [-0.2, 0) is 17.8 Å². The summed E-state index contributed by atoms with van der Waals surface area (Å²) in [5, 5.41) is 2.03. The third-order valence-electron chi connectivity index (χ3n) is 2.60. The van der Waals surface area contributed by atoms with Crippen molar-refractivity contribution in [3.63, 3.8) is 0 Å². The molecule has 0 N–H and O–H groups in total. The zero-order valence-corrected chi connectivity index (χ0v) is 10.6. The van der Waals surface area contributed by atoms with Gasteiger partial charge in [-0.25, -0.2) is 0 Å². The van der Waals surface area contributed by atoms with Crippen molar-refractivity contribution in [3.8, 4) is 0 Å². The van der Waals surface area contributed by atoms with Gasteiger partial charge in [-0.15, -0.1) is 11.3 Å². The number of carbonyl (C=O) groups excluding carboxylic acids is 1. The zero-order valence-electron chi connectivity index (χ0n) is 9.80. The van der Waals surface area contributed by atoms with Gasteiger partial charge in [0.25, 0.3) is 0 Å². The molecule has 0 spiro atoms. The zero-order chi connectivity index (χ0) is 12.1. The van der Waals surface area contributed by atoms with Gasteiger partial charge in [-0.1, -0.05) is 36.4 Å². The minimum atomic E-state index is 0.157. The number of benzene rings is 1. The average Bonchev–Trinajstić information content (AvgIpc) is 2.83. The van der Waals surface area contributed by atoms with Crippen molar-refractivity contribution in [2.75, 3.05) is 7.05 Å². The average molecular weight is 245 g/mol. The van der Waals surface area contributed by atoms with Gasteiger partial charge in [0.1, 0.15) is 0 Å². The van der Waals surface area contributed by atoms with Gasteiger partial charge in [0.05, 0.1) is 13.0 Å². The van der Waals surface area contributed by atoms with Crippen LogP contribution in [0.25, 0.3) is 0 Å². The fraction of sp³-hybridized carbons (Fsp3) is 0.214. The first-order valence-corrected chi connectivity index (χ1v) is 6.44. The summed E-state index contributed by atoms with van der Waals surface area (Å²) >= 11 is 1.68. The molecule has 2 nitrogen and oxygen atoms in total. The molecule has 0 fully saturated rings. The second-order valence-corrected chi connectivity index (χ2v) is 5.02. The molecule has 1 aromatic carbocycles. The summed E-state index contributed by atoms with van der Waals surface area (Å²) in [4.78, 5) is 15.0. The van der Waals surface area contributed by atoms with Gasteiger partial charge in [-0.2, -0.15) is 0 Å². The molecule has 0 saturated heterocycles. The van der Waals surface area contributed by atoms with Crippen molar-refractivity contribution in [2.24, 2.45) is 0 Å². The smallest absolute Gasteiger partial charge is 0.227 e. The minimum absolute atomic E-state index is 0.157. The van der Waals surface area contributed by atoms with E-state index in [9.17, 15) is 4.79 Å². The summed E-state index contributed by atoms with van der Waals surface area (Å²) in [6, 6.07) is 13.9. The van der Waals surface area contributed by atoms with Crippen molar-refractivity contribution >= 4 is 17.2 Å². The predicted molar refractivity (Wildman–Crippen MR) is 70.9 cm³/mol. The highest BCUT2D eigenvalue weighted by atomic mass is 32.1. The fourth-order valence-corrected chi connectivity index (χ4v) is 2.39. The Morgan fingerprint density at radius 3 is 2.59 bits per heavy atom. The van der Waals surface area contributed by atoms with Gasteiger partial charge in [0, 0.05) is 11.9 Å². The lowest BCUT2D eigenvalue weighted by atomic mass is 10.1. The molecule has 0 bridgehead atoms. The Labute approximate surface area is 106 Å². The van der Waals surface area contributed by atoms with Crippen LogP contribution < -0.4 is 0 Å². The molecular weight excluding hydrogens is 230 g/mol.